The van der Waals surface area contributed by atoms with Gasteiger partial charge in [0.05, 0.1) is 11.1 Å². The summed E-state index contributed by atoms with van der Waals surface area (Å²) >= 11 is 0. The van der Waals surface area contributed by atoms with Crippen molar-refractivity contribution in [2.24, 2.45) is 0 Å². The molecule has 13 aromatic carbocycles. The Hall–Kier alpha value is -9.04. The average molecular weight is 926 g/mol. The minimum absolute atomic E-state index is 0.173. The Bertz CT molecular complexity index is 4470. The molecule has 0 aromatic heterocycles. The molecule has 0 aliphatic heterocycles. The van der Waals surface area contributed by atoms with Crippen LogP contribution in [0.4, 0.5) is 17.1 Å². The van der Waals surface area contributed by atoms with E-state index in [1.165, 1.54) is 132 Å². The molecule has 340 valence electrons. The summed E-state index contributed by atoms with van der Waals surface area (Å²) < 4.78 is 0. The van der Waals surface area contributed by atoms with Crippen molar-refractivity contribution < 1.29 is 0 Å². The van der Waals surface area contributed by atoms with E-state index in [1.54, 1.807) is 0 Å². The molecule has 0 radical (unpaired) electrons. The highest BCUT2D eigenvalue weighted by molar-refractivity contribution is 6.26. The summed E-state index contributed by atoms with van der Waals surface area (Å²) in [5.41, 5.74) is 21.0. The summed E-state index contributed by atoms with van der Waals surface area (Å²) in [6.07, 6.45) is 0. The summed E-state index contributed by atoms with van der Waals surface area (Å²) in [6, 6.07) is 94.6. The fourth-order valence-corrected chi connectivity index (χ4v) is 14.1. The highest BCUT2D eigenvalue weighted by atomic mass is 15.1. The molecule has 0 amide bonds. The van der Waals surface area contributed by atoms with Gasteiger partial charge in [0.2, 0.25) is 0 Å². The van der Waals surface area contributed by atoms with Crippen molar-refractivity contribution in [2.45, 2.75) is 24.7 Å². The van der Waals surface area contributed by atoms with Crippen LogP contribution in [0, 0.1) is 0 Å². The van der Waals surface area contributed by atoms with E-state index >= 15 is 0 Å². The molecule has 0 saturated carbocycles. The van der Waals surface area contributed by atoms with Gasteiger partial charge in [-0.05, 0) is 163 Å². The van der Waals surface area contributed by atoms with Gasteiger partial charge in [-0.15, -0.1) is 0 Å². The lowest BCUT2D eigenvalue weighted by molar-refractivity contribution is 0.660. The van der Waals surface area contributed by atoms with Gasteiger partial charge in [-0.1, -0.05) is 226 Å². The van der Waals surface area contributed by atoms with Gasteiger partial charge < -0.3 is 4.90 Å². The first-order chi connectivity index (χ1) is 36.0. The largest absolute Gasteiger partial charge is 0.310 e. The van der Waals surface area contributed by atoms with Crippen molar-refractivity contribution in [3.63, 3.8) is 0 Å². The predicted molar refractivity (Wildman–Crippen MR) is 308 cm³/mol. The van der Waals surface area contributed by atoms with E-state index < -0.39 is 5.41 Å². The molecule has 0 heterocycles. The average Bonchev–Trinajstić information content (AvgIpc) is 4.01. The van der Waals surface area contributed by atoms with E-state index in [9.17, 15) is 0 Å². The van der Waals surface area contributed by atoms with Crippen LogP contribution in [0.25, 0.3) is 98.4 Å². The van der Waals surface area contributed by atoms with Crippen LogP contribution in [0.5, 0.6) is 0 Å². The molecule has 1 nitrogen and oxygen atoms in total. The van der Waals surface area contributed by atoms with Gasteiger partial charge in [0.15, 0.2) is 0 Å². The van der Waals surface area contributed by atoms with Crippen LogP contribution in [0.15, 0.2) is 249 Å². The van der Waals surface area contributed by atoms with E-state index in [1.807, 2.05) is 0 Å². The lowest BCUT2D eigenvalue weighted by atomic mass is 9.70. The quantitative estimate of drug-likeness (QED) is 0.159. The fraction of sp³-hybridized carbons (Fsp3) is 0.0556. The summed E-state index contributed by atoms with van der Waals surface area (Å²) in [5.74, 6) is 0. The third-order valence-corrected chi connectivity index (χ3v) is 17.2. The number of nitrogens with zero attached hydrogens (tertiary/aromatic N) is 1. The molecule has 16 rings (SSSR count). The molecule has 0 unspecified atom stereocenters. The topological polar surface area (TPSA) is 3.24 Å². The Morgan fingerprint density at radius 1 is 0.260 bits per heavy atom. The number of hydrogen-bond acceptors (Lipinski definition) is 1. The minimum atomic E-state index is -0.538. The molecule has 73 heavy (non-hydrogen) atoms. The molecule has 13 aromatic rings. The van der Waals surface area contributed by atoms with E-state index in [0.29, 0.717) is 0 Å². The fourth-order valence-electron chi connectivity index (χ4n) is 14.1. The van der Waals surface area contributed by atoms with Crippen LogP contribution in [-0.2, 0) is 10.8 Å². The second-order valence-corrected chi connectivity index (χ2v) is 21.0. The number of rotatable bonds is 4. The summed E-state index contributed by atoms with van der Waals surface area (Å²) in [7, 11) is 0. The Morgan fingerprint density at radius 3 is 1.34 bits per heavy atom. The molecule has 0 saturated heterocycles. The maximum Gasteiger partial charge on any atom is 0.0726 e. The second kappa shape index (κ2) is 14.8. The van der Waals surface area contributed by atoms with Crippen molar-refractivity contribution in [1.82, 2.24) is 0 Å². The first-order valence-electron chi connectivity index (χ1n) is 25.7. The first kappa shape index (κ1) is 40.7. The zero-order chi connectivity index (χ0) is 48.2. The van der Waals surface area contributed by atoms with Crippen LogP contribution < -0.4 is 4.90 Å². The number of benzene rings is 13. The van der Waals surface area contributed by atoms with E-state index in [-0.39, 0.29) is 5.41 Å². The third kappa shape index (κ3) is 5.36. The second-order valence-electron chi connectivity index (χ2n) is 21.0. The van der Waals surface area contributed by atoms with Crippen molar-refractivity contribution in [1.29, 1.82) is 0 Å². The Balaban J connectivity index is 1.08. The predicted octanol–water partition coefficient (Wildman–Crippen LogP) is 19.2. The van der Waals surface area contributed by atoms with Crippen LogP contribution in [0.2, 0.25) is 0 Å². The van der Waals surface area contributed by atoms with Crippen LogP contribution in [0.3, 0.4) is 0 Å². The van der Waals surface area contributed by atoms with Crippen molar-refractivity contribution in [3.8, 4) is 44.5 Å². The molecule has 3 aliphatic rings. The molecule has 0 bridgehead atoms. The first-order valence-corrected chi connectivity index (χ1v) is 25.7. The Labute approximate surface area is 424 Å². The smallest absolute Gasteiger partial charge is 0.0726 e. The highest BCUT2D eigenvalue weighted by Crippen LogP contribution is 2.65. The Morgan fingerprint density at radius 2 is 0.699 bits per heavy atom. The SMILES string of the molecule is CC1(C)c2ccccc2-c2c(-c3cc4c(cc3N(c3ccc5ccc6ccccc6c5c3)c3ccc5c6ccccc6c6ccccc6c5c3)C3(c5ccccc5-c5ccccc53)c3ccccc3-4)cccc21. The summed E-state index contributed by atoms with van der Waals surface area (Å²) in [6.45, 7) is 4.80. The van der Waals surface area contributed by atoms with Crippen molar-refractivity contribution in [2.75, 3.05) is 4.90 Å². The lowest BCUT2D eigenvalue weighted by Crippen LogP contribution is -2.26. The van der Waals surface area contributed by atoms with Crippen LogP contribution in [-0.4, -0.2) is 0 Å². The lowest BCUT2D eigenvalue weighted by Gasteiger charge is -2.34. The van der Waals surface area contributed by atoms with Crippen molar-refractivity contribution in [3.05, 3.63) is 282 Å². The van der Waals surface area contributed by atoms with E-state index in [2.05, 4.69) is 267 Å². The Kier molecular flexibility index (Phi) is 8.22. The summed E-state index contributed by atoms with van der Waals surface area (Å²) in [4.78, 5) is 2.61. The standard InChI is InChI=1S/C72H47N/c1-71(2)63-29-13-12-27-58(63)70-57(28-17-33-67(70)71)62-42-61-56-26-11-16-32-66(56)72(64-30-14-9-24-54(64)55-25-10-15-31-65(55)72)68(61)43-69(62)73(46-37-36-45-35-34-44-18-3-4-19-48(44)59(45)40-46)47-38-39-53-51-22-6-5-20-49(51)50-21-7-8-23-52(50)60(53)41-47/h3-43H,1-2H3. The van der Waals surface area contributed by atoms with Crippen molar-refractivity contribution >= 4 is 70.9 Å². The van der Waals surface area contributed by atoms with Gasteiger partial charge in [0.1, 0.15) is 0 Å². The molecular weight excluding hydrogens is 879 g/mol. The van der Waals surface area contributed by atoms with E-state index in [0.717, 1.165) is 17.1 Å². The van der Waals surface area contributed by atoms with Gasteiger partial charge >= 0.3 is 0 Å². The number of fused-ring (bicyclic) bond motifs is 22. The molecule has 0 fully saturated rings. The molecule has 0 N–H and O–H groups in total. The van der Waals surface area contributed by atoms with Crippen LogP contribution in [0.1, 0.15) is 47.2 Å². The van der Waals surface area contributed by atoms with Gasteiger partial charge in [-0.2, -0.15) is 0 Å². The summed E-state index contributed by atoms with van der Waals surface area (Å²) in [5, 5.41) is 12.5. The molecule has 3 aliphatic carbocycles. The molecule has 1 heteroatoms. The molecule has 0 atom stereocenters. The molecule has 1 spiro atoms. The maximum atomic E-state index is 2.62. The van der Waals surface area contributed by atoms with Gasteiger partial charge in [-0.25, -0.2) is 0 Å². The monoisotopic (exact) mass is 925 g/mol. The molecular formula is C72H47N. The minimum Gasteiger partial charge on any atom is -0.310 e. The zero-order valence-corrected chi connectivity index (χ0v) is 40.6. The van der Waals surface area contributed by atoms with Gasteiger partial charge in [0, 0.05) is 22.4 Å². The van der Waals surface area contributed by atoms with Crippen LogP contribution >= 0.6 is 0 Å². The third-order valence-electron chi connectivity index (χ3n) is 17.2. The van der Waals surface area contributed by atoms with Gasteiger partial charge in [0.25, 0.3) is 0 Å². The van der Waals surface area contributed by atoms with E-state index in [4.69, 9.17) is 0 Å². The number of hydrogen-bond donors (Lipinski definition) is 0. The maximum absolute atomic E-state index is 2.62. The number of anilines is 3. The highest BCUT2D eigenvalue weighted by Gasteiger charge is 2.52. The normalized spacial score (nSPS) is 14.1. The zero-order valence-electron chi connectivity index (χ0n) is 40.6. The van der Waals surface area contributed by atoms with Gasteiger partial charge in [-0.3, -0.25) is 0 Å².